The molecule has 7 nitrogen and oxygen atoms in total. The number of rotatable bonds is 9. The number of aliphatic hydroxyl groups excluding tert-OH is 1. The molecule has 9 heteroatoms. The lowest BCUT2D eigenvalue weighted by Gasteiger charge is -2.40. The fraction of sp³-hybridized carbons (Fsp3) is 0.654. The zero-order chi connectivity index (χ0) is 25.5. The minimum atomic E-state index is -0.804. The smallest absolute Gasteiger partial charge is 0.248 e. The van der Waals surface area contributed by atoms with Crippen LogP contribution < -0.4 is 10.6 Å². The first-order chi connectivity index (χ1) is 16.7. The lowest BCUT2D eigenvalue weighted by molar-refractivity contribution is -0.142. The van der Waals surface area contributed by atoms with E-state index in [2.05, 4.69) is 17.6 Å². The molecule has 192 valence electrons. The lowest BCUT2D eigenvalue weighted by Crippen LogP contribution is -2.57. The van der Waals surface area contributed by atoms with Crippen molar-refractivity contribution in [2.75, 3.05) is 18.5 Å². The Morgan fingerprint density at radius 3 is 2.63 bits per heavy atom. The minimum Gasteiger partial charge on any atom is -0.394 e. The van der Waals surface area contributed by atoms with Gasteiger partial charge in [0.25, 0.3) is 0 Å². The molecule has 1 aromatic rings. The number of amides is 3. The van der Waals surface area contributed by atoms with Gasteiger partial charge in [-0.2, -0.15) is 0 Å². The monoisotopic (exact) mass is 521 g/mol. The van der Waals surface area contributed by atoms with Gasteiger partial charge in [0.05, 0.1) is 39.9 Å². The number of thioether (sulfide) groups is 1. The highest BCUT2D eigenvalue weighted by Crippen LogP contribution is 2.68. The Morgan fingerprint density at radius 1 is 1.29 bits per heavy atom. The molecule has 1 spiro atoms. The number of anilines is 1. The molecule has 4 rings (SSSR count). The number of hydrogen-bond acceptors (Lipinski definition) is 5. The third-order valence-corrected chi connectivity index (χ3v) is 10.2. The van der Waals surface area contributed by atoms with Crippen molar-refractivity contribution in [3.8, 4) is 0 Å². The van der Waals surface area contributed by atoms with E-state index < -0.39 is 28.7 Å². The Balaban J connectivity index is 1.77. The maximum atomic E-state index is 14.1. The second-order valence-electron chi connectivity index (χ2n) is 10.5. The van der Waals surface area contributed by atoms with Crippen LogP contribution in [0.25, 0.3) is 0 Å². The van der Waals surface area contributed by atoms with Gasteiger partial charge in [-0.1, -0.05) is 51.4 Å². The summed E-state index contributed by atoms with van der Waals surface area (Å²) in [7, 11) is 0. The van der Waals surface area contributed by atoms with Gasteiger partial charge in [-0.05, 0) is 43.2 Å². The second-order valence-corrected chi connectivity index (χ2v) is 12.5. The molecular weight excluding hydrogens is 486 g/mol. The Labute approximate surface area is 216 Å². The van der Waals surface area contributed by atoms with Crippen LogP contribution in [-0.4, -0.2) is 63.0 Å². The number of benzene rings is 1. The van der Waals surface area contributed by atoms with E-state index in [1.165, 1.54) is 0 Å². The van der Waals surface area contributed by atoms with Crippen molar-refractivity contribution in [1.82, 2.24) is 10.2 Å². The van der Waals surface area contributed by atoms with E-state index in [4.69, 9.17) is 11.6 Å². The number of aliphatic hydroxyl groups is 1. The first kappa shape index (κ1) is 26.3. The number of hydrogen-bond donors (Lipinski definition) is 3. The Kier molecular flexibility index (Phi) is 7.74. The predicted octanol–water partition coefficient (Wildman–Crippen LogP) is 3.55. The topological polar surface area (TPSA) is 98.7 Å². The van der Waals surface area contributed by atoms with Crippen molar-refractivity contribution >= 4 is 46.8 Å². The average molecular weight is 522 g/mol. The van der Waals surface area contributed by atoms with Crippen molar-refractivity contribution in [2.24, 2.45) is 23.7 Å². The van der Waals surface area contributed by atoms with E-state index in [1.807, 2.05) is 20.8 Å². The van der Waals surface area contributed by atoms with E-state index in [1.54, 1.807) is 40.9 Å². The van der Waals surface area contributed by atoms with Gasteiger partial charge in [-0.3, -0.25) is 14.4 Å². The SMILES string of the molecule is CCCNC(=O)[C@@H]1[C@@H]2CC(C)C3(S2)C(C(=O)Nc2ccccc2Cl)N([C@@H](CO)CC(C)C)C(=O)[C@H]13. The lowest BCUT2D eigenvalue weighted by atomic mass is 9.66. The van der Waals surface area contributed by atoms with Gasteiger partial charge in [-0.15, -0.1) is 11.8 Å². The maximum Gasteiger partial charge on any atom is 0.248 e. The van der Waals surface area contributed by atoms with Crippen molar-refractivity contribution in [2.45, 2.75) is 69.0 Å². The highest BCUT2D eigenvalue weighted by atomic mass is 35.5. The summed E-state index contributed by atoms with van der Waals surface area (Å²) in [5, 5.41) is 16.7. The molecule has 2 bridgehead atoms. The molecule has 3 unspecified atom stereocenters. The Hall–Kier alpha value is -1.77. The van der Waals surface area contributed by atoms with Gasteiger partial charge in [0.2, 0.25) is 17.7 Å². The molecule has 0 aromatic heterocycles. The van der Waals surface area contributed by atoms with Crippen molar-refractivity contribution < 1.29 is 19.5 Å². The maximum absolute atomic E-state index is 14.1. The third kappa shape index (κ3) is 4.36. The highest BCUT2D eigenvalue weighted by Gasteiger charge is 2.76. The number of halogens is 1. The minimum absolute atomic E-state index is 0.00811. The molecule has 35 heavy (non-hydrogen) atoms. The quantitative estimate of drug-likeness (QED) is 0.461. The summed E-state index contributed by atoms with van der Waals surface area (Å²) in [6, 6.07) is 5.72. The van der Waals surface area contributed by atoms with Gasteiger partial charge in [0.1, 0.15) is 6.04 Å². The summed E-state index contributed by atoms with van der Waals surface area (Å²) in [6.07, 6.45) is 2.15. The molecule has 1 aromatic carbocycles. The van der Waals surface area contributed by atoms with E-state index in [0.717, 1.165) is 12.8 Å². The molecule has 0 saturated carbocycles. The fourth-order valence-corrected chi connectivity index (χ4v) is 8.99. The largest absolute Gasteiger partial charge is 0.394 e. The van der Waals surface area contributed by atoms with Crippen LogP contribution in [0.2, 0.25) is 5.02 Å². The van der Waals surface area contributed by atoms with E-state index in [-0.39, 0.29) is 41.4 Å². The predicted molar refractivity (Wildman–Crippen MR) is 139 cm³/mol. The normalized spacial score (nSPS) is 32.1. The number of carbonyl (C=O) groups is 3. The highest BCUT2D eigenvalue weighted by molar-refractivity contribution is 8.02. The molecule has 0 aliphatic carbocycles. The molecule has 3 amide bonds. The summed E-state index contributed by atoms with van der Waals surface area (Å²) < 4.78 is -0.730. The Morgan fingerprint density at radius 2 is 2.00 bits per heavy atom. The van der Waals surface area contributed by atoms with Crippen LogP contribution >= 0.6 is 23.4 Å². The molecule has 0 radical (unpaired) electrons. The van der Waals surface area contributed by atoms with Gasteiger partial charge >= 0.3 is 0 Å². The number of fused-ring (bicyclic) bond motifs is 1. The summed E-state index contributed by atoms with van der Waals surface area (Å²) in [4.78, 5) is 43.0. The van der Waals surface area contributed by atoms with Crippen LogP contribution in [0.4, 0.5) is 5.69 Å². The number of likely N-dealkylation sites (tertiary alicyclic amines) is 1. The molecule has 3 heterocycles. The van der Waals surface area contributed by atoms with E-state index in [0.29, 0.717) is 23.7 Å². The third-order valence-electron chi connectivity index (χ3n) is 7.76. The first-order valence-electron chi connectivity index (χ1n) is 12.6. The zero-order valence-electron chi connectivity index (χ0n) is 20.8. The number of nitrogens with zero attached hydrogens (tertiary/aromatic N) is 1. The molecular formula is C26H36ClN3O4S. The standard InChI is InChI=1S/C26H36ClN3O4S/c1-5-10-28-23(32)20-19-12-15(4)26(35-19)21(20)25(34)30(16(13-31)11-14(2)3)22(26)24(33)29-18-9-7-6-8-17(18)27/h6-9,14-16,19-22,31H,5,10-13H2,1-4H3,(H,28,32)(H,29,33)/t15?,16-,19+,20-,21+,22?,26?/m1/s1. The van der Waals surface area contributed by atoms with E-state index >= 15 is 0 Å². The van der Waals surface area contributed by atoms with Crippen LogP contribution in [-0.2, 0) is 14.4 Å². The van der Waals surface area contributed by atoms with Crippen LogP contribution in [0.5, 0.6) is 0 Å². The van der Waals surface area contributed by atoms with Gasteiger partial charge < -0.3 is 20.6 Å². The van der Waals surface area contributed by atoms with Crippen LogP contribution in [0, 0.1) is 23.7 Å². The van der Waals surface area contributed by atoms with Crippen LogP contribution in [0.15, 0.2) is 24.3 Å². The van der Waals surface area contributed by atoms with Gasteiger partial charge in [0, 0.05) is 11.8 Å². The van der Waals surface area contributed by atoms with E-state index in [9.17, 15) is 19.5 Å². The van der Waals surface area contributed by atoms with Crippen LogP contribution in [0.1, 0.15) is 47.0 Å². The fourth-order valence-electron chi connectivity index (χ4n) is 6.40. The van der Waals surface area contributed by atoms with Crippen molar-refractivity contribution in [3.63, 3.8) is 0 Å². The first-order valence-corrected chi connectivity index (χ1v) is 13.9. The number of nitrogens with one attached hydrogen (secondary N) is 2. The molecule has 3 aliphatic rings. The molecule has 3 N–H and O–H groups in total. The number of carbonyl (C=O) groups excluding carboxylic acids is 3. The molecule has 7 atom stereocenters. The average Bonchev–Trinajstić information content (AvgIpc) is 3.41. The molecule has 3 aliphatic heterocycles. The number of para-hydroxylation sites is 1. The second kappa shape index (κ2) is 10.3. The molecule has 3 saturated heterocycles. The Bertz CT molecular complexity index is 991. The van der Waals surface area contributed by atoms with Crippen molar-refractivity contribution in [3.05, 3.63) is 29.3 Å². The summed E-state index contributed by atoms with van der Waals surface area (Å²) in [5.74, 6) is -1.40. The summed E-state index contributed by atoms with van der Waals surface area (Å²) in [6.45, 7) is 8.47. The van der Waals surface area contributed by atoms with Crippen LogP contribution in [0.3, 0.4) is 0 Å². The van der Waals surface area contributed by atoms with Gasteiger partial charge in [-0.25, -0.2) is 0 Å². The van der Waals surface area contributed by atoms with Crippen molar-refractivity contribution in [1.29, 1.82) is 0 Å². The summed E-state index contributed by atoms with van der Waals surface area (Å²) in [5.41, 5.74) is 0.484. The van der Waals surface area contributed by atoms with Gasteiger partial charge in [0.15, 0.2) is 0 Å². The summed E-state index contributed by atoms with van der Waals surface area (Å²) >= 11 is 7.97. The zero-order valence-corrected chi connectivity index (χ0v) is 22.4. The molecule has 3 fully saturated rings.